The molecule has 1 aromatic heterocycles. The molecule has 92 valence electrons. The van der Waals surface area contributed by atoms with Gasteiger partial charge in [-0.2, -0.15) is 0 Å². The first kappa shape index (κ1) is 13.2. The Morgan fingerprint density at radius 1 is 1.38 bits per heavy atom. The molecule has 0 radical (unpaired) electrons. The van der Waals surface area contributed by atoms with Crippen LogP contribution >= 0.6 is 0 Å². The van der Waals surface area contributed by atoms with Gasteiger partial charge in [0, 0.05) is 39.6 Å². The Balaban J connectivity index is 2.23. The zero-order valence-electron chi connectivity index (χ0n) is 10.1. The molecule has 0 aliphatic heterocycles. The van der Waals surface area contributed by atoms with E-state index >= 15 is 0 Å². The normalized spacial score (nSPS) is 10.9. The molecule has 0 saturated carbocycles. The molecule has 2 N–H and O–H groups in total. The Hall–Kier alpha value is -0.910. The fourth-order valence-electron chi connectivity index (χ4n) is 1.55. The van der Waals surface area contributed by atoms with Gasteiger partial charge in [0.05, 0.1) is 12.3 Å². The lowest BCUT2D eigenvalue weighted by Gasteiger charge is -2.09. The summed E-state index contributed by atoms with van der Waals surface area (Å²) in [4.78, 5) is 4.22. The predicted molar refractivity (Wildman–Crippen MR) is 62.2 cm³/mol. The van der Waals surface area contributed by atoms with Crippen molar-refractivity contribution >= 4 is 0 Å². The number of hydrogen-bond donors (Lipinski definition) is 1. The van der Waals surface area contributed by atoms with Gasteiger partial charge in [-0.1, -0.05) is 0 Å². The van der Waals surface area contributed by atoms with Crippen LogP contribution in [0.1, 0.15) is 17.9 Å². The van der Waals surface area contributed by atoms with Crippen LogP contribution in [0.3, 0.4) is 0 Å². The molecule has 5 heteroatoms. The van der Waals surface area contributed by atoms with Gasteiger partial charge >= 0.3 is 0 Å². The van der Waals surface area contributed by atoms with Crippen LogP contribution in [0.25, 0.3) is 0 Å². The van der Waals surface area contributed by atoms with Crippen molar-refractivity contribution in [1.82, 2.24) is 9.55 Å². The monoisotopic (exact) mass is 227 g/mol. The molecule has 0 bridgehead atoms. The summed E-state index contributed by atoms with van der Waals surface area (Å²) >= 11 is 0. The largest absolute Gasteiger partial charge is 0.385 e. The van der Waals surface area contributed by atoms with Gasteiger partial charge < -0.3 is 19.8 Å². The summed E-state index contributed by atoms with van der Waals surface area (Å²) in [7, 11) is 1.70. The second kappa shape index (κ2) is 7.38. The lowest BCUT2D eigenvalue weighted by molar-refractivity contribution is 0.0971. The molecular weight excluding hydrogens is 206 g/mol. The van der Waals surface area contributed by atoms with E-state index in [1.54, 1.807) is 7.11 Å². The van der Waals surface area contributed by atoms with Crippen LogP contribution in [0.15, 0.2) is 6.20 Å². The highest BCUT2D eigenvalue weighted by molar-refractivity contribution is 5.03. The van der Waals surface area contributed by atoms with Crippen molar-refractivity contribution in [3.05, 3.63) is 17.7 Å². The van der Waals surface area contributed by atoms with Gasteiger partial charge in [0.25, 0.3) is 0 Å². The van der Waals surface area contributed by atoms with Gasteiger partial charge in [-0.15, -0.1) is 0 Å². The van der Waals surface area contributed by atoms with E-state index in [0.717, 1.165) is 37.7 Å². The van der Waals surface area contributed by atoms with Crippen molar-refractivity contribution in [2.24, 2.45) is 5.73 Å². The third kappa shape index (κ3) is 3.92. The third-order valence-electron chi connectivity index (χ3n) is 2.44. The van der Waals surface area contributed by atoms with E-state index in [2.05, 4.69) is 9.55 Å². The minimum absolute atomic E-state index is 0.518. The number of ether oxygens (including phenoxy) is 2. The van der Waals surface area contributed by atoms with E-state index in [1.807, 2.05) is 13.1 Å². The maximum Gasteiger partial charge on any atom is 0.105 e. The minimum atomic E-state index is 0.518. The molecule has 1 rings (SSSR count). The molecule has 16 heavy (non-hydrogen) atoms. The van der Waals surface area contributed by atoms with E-state index < -0.39 is 0 Å². The minimum Gasteiger partial charge on any atom is -0.385 e. The Labute approximate surface area is 96.6 Å². The number of nitrogens with two attached hydrogens (primary N) is 1. The first-order chi connectivity index (χ1) is 7.79. The van der Waals surface area contributed by atoms with Crippen LogP contribution in [-0.4, -0.2) is 36.5 Å². The van der Waals surface area contributed by atoms with E-state index in [1.165, 1.54) is 0 Å². The molecule has 0 amide bonds. The van der Waals surface area contributed by atoms with Crippen LogP contribution in [0, 0.1) is 6.92 Å². The first-order valence-corrected chi connectivity index (χ1v) is 5.57. The zero-order valence-corrected chi connectivity index (χ0v) is 10.1. The maximum absolute atomic E-state index is 5.62. The topological polar surface area (TPSA) is 62.3 Å². The van der Waals surface area contributed by atoms with Crippen LogP contribution < -0.4 is 5.73 Å². The summed E-state index contributed by atoms with van der Waals surface area (Å²) in [6.07, 6.45) is 2.75. The van der Waals surface area contributed by atoms with E-state index in [9.17, 15) is 0 Å². The molecule has 0 unspecified atom stereocenters. The number of imidazole rings is 1. The van der Waals surface area contributed by atoms with Crippen molar-refractivity contribution in [3.8, 4) is 0 Å². The molecular formula is C11H21N3O2. The molecule has 0 fully saturated rings. The van der Waals surface area contributed by atoms with Crippen molar-refractivity contribution < 1.29 is 9.47 Å². The van der Waals surface area contributed by atoms with E-state index in [4.69, 9.17) is 15.2 Å². The molecule has 0 atom stereocenters. The summed E-state index contributed by atoms with van der Waals surface area (Å²) in [6, 6.07) is 0. The highest BCUT2D eigenvalue weighted by Gasteiger charge is 2.03. The molecule has 5 nitrogen and oxygen atoms in total. The van der Waals surface area contributed by atoms with Crippen LogP contribution in [0.5, 0.6) is 0 Å². The van der Waals surface area contributed by atoms with Crippen LogP contribution in [0.4, 0.5) is 0 Å². The molecule has 0 aromatic carbocycles. The van der Waals surface area contributed by atoms with Crippen molar-refractivity contribution in [2.45, 2.75) is 26.4 Å². The lowest BCUT2D eigenvalue weighted by Crippen LogP contribution is -2.13. The number of aromatic nitrogens is 2. The third-order valence-corrected chi connectivity index (χ3v) is 2.44. The molecule has 0 aliphatic rings. The molecule has 1 aromatic rings. The lowest BCUT2D eigenvalue weighted by atomic mass is 10.4. The Kier molecular flexibility index (Phi) is 6.07. The average molecular weight is 227 g/mol. The molecule has 1 heterocycles. The van der Waals surface area contributed by atoms with Gasteiger partial charge in [-0.25, -0.2) is 4.98 Å². The highest BCUT2D eigenvalue weighted by atomic mass is 16.5. The van der Waals surface area contributed by atoms with Gasteiger partial charge in [0.15, 0.2) is 0 Å². The van der Waals surface area contributed by atoms with Crippen molar-refractivity contribution in [3.63, 3.8) is 0 Å². The highest BCUT2D eigenvalue weighted by Crippen LogP contribution is 2.03. The fraction of sp³-hybridized carbons (Fsp3) is 0.727. The Bertz CT molecular complexity index is 299. The van der Waals surface area contributed by atoms with E-state index in [0.29, 0.717) is 13.2 Å². The standard InChI is InChI=1S/C11H21N3O2/c1-10-13-9-11(8-12)14(10)4-7-16-6-3-5-15-2/h9H,3-8,12H2,1-2H3. The zero-order chi connectivity index (χ0) is 11.8. The number of nitrogens with zero attached hydrogens (tertiary/aromatic N) is 2. The maximum atomic E-state index is 5.62. The SMILES string of the molecule is COCCCOCCn1c(CN)cnc1C. The summed E-state index contributed by atoms with van der Waals surface area (Å²) in [5.74, 6) is 0.987. The van der Waals surface area contributed by atoms with Gasteiger partial charge in [-0.3, -0.25) is 0 Å². The average Bonchev–Trinajstić information content (AvgIpc) is 2.65. The number of methoxy groups -OCH3 is 1. The quantitative estimate of drug-likeness (QED) is 0.664. The number of rotatable bonds is 8. The summed E-state index contributed by atoms with van der Waals surface area (Å²) in [5, 5.41) is 0. The molecule has 0 aliphatic carbocycles. The molecule has 0 spiro atoms. The molecule has 0 saturated heterocycles. The number of hydrogen-bond acceptors (Lipinski definition) is 4. The first-order valence-electron chi connectivity index (χ1n) is 5.57. The van der Waals surface area contributed by atoms with Crippen molar-refractivity contribution in [1.29, 1.82) is 0 Å². The second-order valence-electron chi connectivity index (χ2n) is 3.61. The Morgan fingerprint density at radius 2 is 2.19 bits per heavy atom. The van der Waals surface area contributed by atoms with Gasteiger partial charge in [0.2, 0.25) is 0 Å². The fourth-order valence-corrected chi connectivity index (χ4v) is 1.55. The second-order valence-corrected chi connectivity index (χ2v) is 3.61. The summed E-state index contributed by atoms with van der Waals surface area (Å²) in [5.41, 5.74) is 6.67. The van der Waals surface area contributed by atoms with Crippen LogP contribution in [-0.2, 0) is 22.6 Å². The summed E-state index contributed by atoms with van der Waals surface area (Å²) < 4.78 is 12.5. The number of aryl methyl sites for hydroxylation is 1. The Morgan fingerprint density at radius 3 is 2.88 bits per heavy atom. The van der Waals surface area contributed by atoms with Gasteiger partial charge in [-0.05, 0) is 13.3 Å². The van der Waals surface area contributed by atoms with Crippen LogP contribution in [0.2, 0.25) is 0 Å². The summed E-state index contributed by atoms with van der Waals surface area (Å²) in [6.45, 7) is 5.48. The smallest absolute Gasteiger partial charge is 0.105 e. The van der Waals surface area contributed by atoms with Gasteiger partial charge in [0.1, 0.15) is 5.82 Å². The van der Waals surface area contributed by atoms with Crippen molar-refractivity contribution in [2.75, 3.05) is 26.9 Å². The van der Waals surface area contributed by atoms with E-state index in [-0.39, 0.29) is 0 Å². The predicted octanol–water partition coefficient (Wildman–Crippen LogP) is 0.703.